The molecule has 0 spiro atoms. The lowest BCUT2D eigenvalue weighted by Crippen LogP contribution is -2.36. The van der Waals surface area contributed by atoms with E-state index in [4.69, 9.17) is 0 Å². The first kappa shape index (κ1) is 13.4. The number of allylic oxidation sites excluding steroid dienone is 2. The van der Waals surface area contributed by atoms with Crippen LogP contribution >= 0.6 is 15.9 Å². The second-order valence-corrected chi connectivity index (χ2v) is 6.25. The van der Waals surface area contributed by atoms with Gasteiger partial charge in [0.1, 0.15) is 0 Å². The van der Waals surface area contributed by atoms with E-state index in [-0.39, 0.29) is 17.7 Å². The summed E-state index contributed by atoms with van der Waals surface area (Å²) in [6.45, 7) is 0. The van der Waals surface area contributed by atoms with Crippen LogP contribution in [0, 0.1) is 23.7 Å². The van der Waals surface area contributed by atoms with Crippen LogP contribution in [0.15, 0.2) is 40.9 Å². The molecule has 1 amide bonds. The zero-order valence-electron chi connectivity index (χ0n) is 10.6. The third-order valence-electron chi connectivity index (χ3n) is 4.14. The largest absolute Gasteiger partial charge is 0.481 e. The van der Waals surface area contributed by atoms with E-state index in [2.05, 4.69) is 21.2 Å². The van der Waals surface area contributed by atoms with Crippen LogP contribution in [0.5, 0.6) is 0 Å². The molecular formula is C15H14BrNO3. The highest BCUT2D eigenvalue weighted by Gasteiger charge is 2.51. The first-order chi connectivity index (χ1) is 9.56. The van der Waals surface area contributed by atoms with E-state index >= 15 is 0 Å². The number of nitrogens with one attached hydrogen (secondary N) is 1. The summed E-state index contributed by atoms with van der Waals surface area (Å²) < 4.78 is 0.873. The molecule has 2 N–H and O–H groups in total. The molecule has 1 fully saturated rings. The van der Waals surface area contributed by atoms with Crippen LogP contribution in [0.4, 0.5) is 5.69 Å². The number of carboxylic acids is 1. The van der Waals surface area contributed by atoms with Gasteiger partial charge >= 0.3 is 5.97 Å². The molecule has 0 aromatic heterocycles. The summed E-state index contributed by atoms with van der Waals surface area (Å²) in [6.07, 6.45) is 4.69. The number of carbonyl (C=O) groups excluding carboxylic acids is 1. The SMILES string of the molecule is O=C(O)[C@@H]1[C@H](C(=O)Nc2cccc(Br)c2)[C@H]2C=C[C@H]1C2. The molecule has 0 radical (unpaired) electrons. The quantitative estimate of drug-likeness (QED) is 0.834. The van der Waals surface area contributed by atoms with E-state index in [0.717, 1.165) is 10.9 Å². The number of carboxylic acid groups (broad SMARTS) is 1. The fourth-order valence-electron chi connectivity index (χ4n) is 3.31. The van der Waals surface area contributed by atoms with Crippen LogP contribution in [0.3, 0.4) is 0 Å². The molecule has 1 aromatic carbocycles. The number of benzene rings is 1. The maximum Gasteiger partial charge on any atom is 0.307 e. The zero-order chi connectivity index (χ0) is 14.3. The molecule has 0 unspecified atom stereocenters. The molecule has 4 atom stereocenters. The number of carbonyl (C=O) groups is 2. The number of hydrogen-bond acceptors (Lipinski definition) is 2. The van der Waals surface area contributed by atoms with E-state index in [0.29, 0.717) is 5.69 Å². The molecule has 104 valence electrons. The Hall–Kier alpha value is -1.62. The van der Waals surface area contributed by atoms with Crippen LogP contribution in [-0.2, 0) is 9.59 Å². The molecule has 4 nitrogen and oxygen atoms in total. The van der Waals surface area contributed by atoms with Crippen molar-refractivity contribution in [2.75, 3.05) is 5.32 Å². The highest BCUT2D eigenvalue weighted by molar-refractivity contribution is 9.10. The summed E-state index contributed by atoms with van der Waals surface area (Å²) in [5.41, 5.74) is 0.681. The number of halogens is 1. The Kier molecular flexibility index (Phi) is 3.38. The molecule has 20 heavy (non-hydrogen) atoms. The van der Waals surface area contributed by atoms with Gasteiger partial charge in [0.25, 0.3) is 0 Å². The van der Waals surface area contributed by atoms with Gasteiger partial charge in [-0.25, -0.2) is 0 Å². The summed E-state index contributed by atoms with van der Waals surface area (Å²) in [6, 6.07) is 7.29. The Morgan fingerprint density at radius 2 is 1.90 bits per heavy atom. The number of aliphatic carboxylic acids is 1. The van der Waals surface area contributed by atoms with Gasteiger partial charge in [0.2, 0.25) is 5.91 Å². The number of rotatable bonds is 3. The molecule has 0 aliphatic heterocycles. The average molecular weight is 336 g/mol. The lowest BCUT2D eigenvalue weighted by atomic mass is 9.82. The van der Waals surface area contributed by atoms with E-state index in [1.54, 1.807) is 12.1 Å². The van der Waals surface area contributed by atoms with Crippen molar-refractivity contribution in [2.45, 2.75) is 6.42 Å². The smallest absolute Gasteiger partial charge is 0.307 e. The van der Waals surface area contributed by atoms with Crippen molar-refractivity contribution < 1.29 is 14.7 Å². The molecular weight excluding hydrogens is 322 g/mol. The van der Waals surface area contributed by atoms with Gasteiger partial charge < -0.3 is 10.4 Å². The fraction of sp³-hybridized carbons (Fsp3) is 0.333. The highest BCUT2D eigenvalue weighted by Crippen LogP contribution is 2.48. The second-order valence-electron chi connectivity index (χ2n) is 5.34. The topological polar surface area (TPSA) is 66.4 Å². The highest BCUT2D eigenvalue weighted by atomic mass is 79.9. The lowest BCUT2D eigenvalue weighted by Gasteiger charge is -2.23. The van der Waals surface area contributed by atoms with Crippen LogP contribution < -0.4 is 5.32 Å². The Labute approximate surface area is 125 Å². The molecule has 0 heterocycles. The van der Waals surface area contributed by atoms with Crippen molar-refractivity contribution in [3.8, 4) is 0 Å². The van der Waals surface area contributed by atoms with Crippen molar-refractivity contribution in [1.29, 1.82) is 0 Å². The van der Waals surface area contributed by atoms with Crippen molar-refractivity contribution in [1.82, 2.24) is 0 Å². The van der Waals surface area contributed by atoms with Crippen molar-refractivity contribution in [2.24, 2.45) is 23.7 Å². The molecule has 3 rings (SSSR count). The average Bonchev–Trinajstić information content (AvgIpc) is 2.98. The van der Waals surface area contributed by atoms with Crippen LogP contribution in [0.2, 0.25) is 0 Å². The first-order valence-electron chi connectivity index (χ1n) is 6.54. The normalized spacial score (nSPS) is 30.4. The standard InChI is InChI=1S/C15H14BrNO3/c16-10-2-1-3-11(7-10)17-14(18)12-8-4-5-9(6-8)13(12)15(19)20/h1-5,7-9,12-13H,6H2,(H,17,18)(H,19,20)/t8-,9-,12+,13-/m0/s1. The number of anilines is 1. The zero-order valence-corrected chi connectivity index (χ0v) is 12.2. The Morgan fingerprint density at radius 1 is 1.20 bits per heavy atom. The minimum Gasteiger partial charge on any atom is -0.481 e. The first-order valence-corrected chi connectivity index (χ1v) is 7.33. The Bertz CT molecular complexity index is 599. The van der Waals surface area contributed by atoms with Gasteiger partial charge in [-0.3, -0.25) is 9.59 Å². The van der Waals surface area contributed by atoms with Crippen molar-refractivity contribution >= 4 is 33.5 Å². The van der Waals surface area contributed by atoms with E-state index in [1.165, 1.54) is 0 Å². The predicted octanol–water partition coefficient (Wildman–Crippen LogP) is 2.91. The third-order valence-corrected chi connectivity index (χ3v) is 4.63. The van der Waals surface area contributed by atoms with Gasteiger partial charge in [0.15, 0.2) is 0 Å². The van der Waals surface area contributed by atoms with Crippen LogP contribution in [-0.4, -0.2) is 17.0 Å². The van der Waals surface area contributed by atoms with Crippen molar-refractivity contribution in [3.63, 3.8) is 0 Å². The van der Waals surface area contributed by atoms with Gasteiger partial charge in [0.05, 0.1) is 11.8 Å². The molecule has 2 aliphatic rings. The minimum absolute atomic E-state index is 0.00393. The monoisotopic (exact) mass is 335 g/mol. The van der Waals surface area contributed by atoms with E-state index < -0.39 is 17.8 Å². The van der Waals surface area contributed by atoms with Gasteiger partial charge in [-0.15, -0.1) is 0 Å². The number of fused-ring (bicyclic) bond motifs is 2. The fourth-order valence-corrected chi connectivity index (χ4v) is 3.71. The van der Waals surface area contributed by atoms with Crippen molar-refractivity contribution in [3.05, 3.63) is 40.9 Å². The summed E-state index contributed by atoms with van der Waals surface area (Å²) in [5.74, 6) is -2.11. The van der Waals surface area contributed by atoms with Crippen LogP contribution in [0.25, 0.3) is 0 Å². The third kappa shape index (κ3) is 2.26. The Balaban J connectivity index is 1.80. The maximum atomic E-state index is 12.4. The summed E-state index contributed by atoms with van der Waals surface area (Å²) in [4.78, 5) is 23.8. The molecule has 1 aromatic rings. The maximum absolute atomic E-state index is 12.4. The molecule has 1 saturated carbocycles. The molecule has 2 bridgehead atoms. The van der Waals surface area contributed by atoms with Crippen LogP contribution in [0.1, 0.15) is 6.42 Å². The molecule has 0 saturated heterocycles. The minimum atomic E-state index is -0.878. The van der Waals surface area contributed by atoms with E-state index in [1.807, 2.05) is 24.3 Å². The summed E-state index contributed by atoms with van der Waals surface area (Å²) in [7, 11) is 0. The summed E-state index contributed by atoms with van der Waals surface area (Å²) >= 11 is 3.35. The summed E-state index contributed by atoms with van der Waals surface area (Å²) in [5, 5.41) is 12.2. The Morgan fingerprint density at radius 3 is 2.55 bits per heavy atom. The molecule has 2 aliphatic carbocycles. The van der Waals surface area contributed by atoms with Gasteiger partial charge in [-0.2, -0.15) is 0 Å². The predicted molar refractivity (Wildman–Crippen MR) is 78.1 cm³/mol. The number of hydrogen-bond donors (Lipinski definition) is 2. The number of amides is 1. The van der Waals surface area contributed by atoms with Gasteiger partial charge in [0, 0.05) is 10.2 Å². The second kappa shape index (κ2) is 5.05. The van der Waals surface area contributed by atoms with Gasteiger partial charge in [-0.1, -0.05) is 34.1 Å². The lowest BCUT2D eigenvalue weighted by molar-refractivity contribution is -0.146. The van der Waals surface area contributed by atoms with E-state index in [9.17, 15) is 14.7 Å². The molecule has 5 heteroatoms. The van der Waals surface area contributed by atoms with Gasteiger partial charge in [-0.05, 0) is 36.5 Å².